The van der Waals surface area contributed by atoms with Crippen molar-refractivity contribution in [3.05, 3.63) is 64.8 Å². The highest BCUT2D eigenvalue weighted by molar-refractivity contribution is 6.30. The first-order valence-electron chi connectivity index (χ1n) is 9.16. The van der Waals surface area contributed by atoms with Gasteiger partial charge in [0.2, 0.25) is 5.91 Å². The summed E-state index contributed by atoms with van der Waals surface area (Å²) in [6.45, 7) is 1.50. The van der Waals surface area contributed by atoms with Crippen molar-refractivity contribution < 1.29 is 14.3 Å². The normalized spacial score (nSPS) is 16.1. The van der Waals surface area contributed by atoms with Crippen molar-refractivity contribution in [1.82, 2.24) is 9.99 Å². The third-order valence-corrected chi connectivity index (χ3v) is 5.31. The molecule has 0 saturated heterocycles. The highest BCUT2D eigenvalue weighted by Crippen LogP contribution is 2.39. The van der Waals surface area contributed by atoms with Crippen LogP contribution >= 0.6 is 11.6 Å². The van der Waals surface area contributed by atoms with E-state index in [2.05, 4.69) is 10.1 Å². The van der Waals surface area contributed by atoms with Crippen molar-refractivity contribution in [3.8, 4) is 11.5 Å². The number of benzene rings is 2. The molecule has 0 fully saturated rings. The standard InChI is InChI=1S/C22H20ClN3O3/c1-13(27)26-20(12-18(25-26)14-7-5-4-6-8-14)17-11-16-19(24-22(17)23)9-15(28-2)10-21(16)29-3/h4-11,20H,12H2,1-3H3/t20-/m0/s1. The zero-order chi connectivity index (χ0) is 20.5. The Morgan fingerprint density at radius 1 is 1.14 bits per heavy atom. The fourth-order valence-corrected chi connectivity index (χ4v) is 3.85. The number of hydrogen-bond donors (Lipinski definition) is 0. The number of methoxy groups -OCH3 is 2. The highest BCUT2D eigenvalue weighted by Gasteiger charge is 2.33. The maximum Gasteiger partial charge on any atom is 0.240 e. The van der Waals surface area contributed by atoms with Crippen LogP contribution in [0.3, 0.4) is 0 Å². The van der Waals surface area contributed by atoms with Gasteiger partial charge in [0.05, 0.1) is 31.5 Å². The Morgan fingerprint density at radius 3 is 2.55 bits per heavy atom. The highest BCUT2D eigenvalue weighted by atomic mass is 35.5. The van der Waals surface area contributed by atoms with Crippen LogP contribution in [0, 0.1) is 0 Å². The quantitative estimate of drug-likeness (QED) is 0.590. The van der Waals surface area contributed by atoms with Crippen LogP contribution in [0.5, 0.6) is 11.5 Å². The fourth-order valence-electron chi connectivity index (χ4n) is 3.58. The Morgan fingerprint density at radius 2 is 1.90 bits per heavy atom. The van der Waals surface area contributed by atoms with E-state index in [0.717, 1.165) is 22.2 Å². The summed E-state index contributed by atoms with van der Waals surface area (Å²) in [6.07, 6.45) is 0.551. The van der Waals surface area contributed by atoms with E-state index in [4.69, 9.17) is 21.1 Å². The summed E-state index contributed by atoms with van der Waals surface area (Å²) in [5, 5.41) is 7.17. The van der Waals surface area contributed by atoms with Gasteiger partial charge in [-0.2, -0.15) is 5.10 Å². The molecule has 1 aliphatic heterocycles. The minimum Gasteiger partial charge on any atom is -0.497 e. The summed E-state index contributed by atoms with van der Waals surface area (Å²) < 4.78 is 10.8. The largest absolute Gasteiger partial charge is 0.497 e. The molecule has 0 N–H and O–H groups in total. The van der Waals surface area contributed by atoms with Gasteiger partial charge >= 0.3 is 0 Å². The molecule has 2 aromatic carbocycles. The number of hydrogen-bond acceptors (Lipinski definition) is 5. The van der Waals surface area contributed by atoms with E-state index in [-0.39, 0.29) is 11.9 Å². The molecule has 2 heterocycles. The predicted octanol–water partition coefficient (Wildman–Crippen LogP) is 4.60. The summed E-state index contributed by atoms with van der Waals surface area (Å²) in [6, 6.07) is 15.0. The van der Waals surface area contributed by atoms with E-state index in [1.54, 1.807) is 26.4 Å². The van der Waals surface area contributed by atoms with Crippen molar-refractivity contribution >= 4 is 34.1 Å². The Labute approximate surface area is 173 Å². The maximum atomic E-state index is 12.3. The lowest BCUT2D eigenvalue weighted by Gasteiger charge is -2.22. The van der Waals surface area contributed by atoms with Gasteiger partial charge in [-0.15, -0.1) is 0 Å². The number of pyridine rings is 1. The minimum absolute atomic E-state index is 0.154. The number of carbonyl (C=O) groups excluding carboxylic acids is 1. The molecule has 4 rings (SSSR count). The van der Waals surface area contributed by atoms with Gasteiger partial charge in [0.25, 0.3) is 0 Å². The molecule has 0 saturated carbocycles. The van der Waals surface area contributed by atoms with Crippen molar-refractivity contribution in [2.24, 2.45) is 5.10 Å². The summed E-state index contributed by atoms with van der Waals surface area (Å²) in [5.41, 5.74) is 3.20. The lowest BCUT2D eigenvalue weighted by Crippen LogP contribution is -2.24. The fraction of sp³-hybridized carbons (Fsp3) is 0.227. The molecular formula is C22H20ClN3O3. The van der Waals surface area contributed by atoms with Crippen LogP contribution in [-0.2, 0) is 4.79 Å². The predicted molar refractivity (Wildman–Crippen MR) is 113 cm³/mol. The summed E-state index contributed by atoms with van der Waals surface area (Å²) in [4.78, 5) is 16.8. The molecule has 0 radical (unpaired) electrons. The molecule has 1 amide bonds. The summed E-state index contributed by atoms with van der Waals surface area (Å²) in [7, 11) is 3.18. The Kier molecular flexibility index (Phi) is 5.11. The molecule has 29 heavy (non-hydrogen) atoms. The minimum atomic E-state index is -0.334. The van der Waals surface area contributed by atoms with E-state index in [1.807, 2.05) is 36.4 Å². The number of nitrogens with zero attached hydrogens (tertiary/aromatic N) is 3. The van der Waals surface area contributed by atoms with Gasteiger partial charge in [-0.3, -0.25) is 4.79 Å². The number of hydrazone groups is 1. The molecule has 0 unspecified atom stereocenters. The first kappa shape index (κ1) is 19.2. The molecule has 6 nitrogen and oxygen atoms in total. The second-order valence-electron chi connectivity index (χ2n) is 6.76. The van der Waals surface area contributed by atoms with Crippen LogP contribution in [0.25, 0.3) is 10.9 Å². The first-order chi connectivity index (χ1) is 14.0. The van der Waals surface area contributed by atoms with Crippen LogP contribution in [0.2, 0.25) is 5.15 Å². The molecule has 0 bridgehead atoms. The van der Waals surface area contributed by atoms with Gasteiger partial charge in [-0.1, -0.05) is 41.9 Å². The number of aromatic nitrogens is 1. The van der Waals surface area contributed by atoms with Gasteiger partial charge in [0.15, 0.2) is 0 Å². The van der Waals surface area contributed by atoms with Crippen LogP contribution in [-0.4, -0.2) is 35.8 Å². The molecular weight excluding hydrogens is 390 g/mol. The Bertz CT molecular complexity index is 1120. The van der Waals surface area contributed by atoms with Crippen LogP contribution in [0.15, 0.2) is 53.6 Å². The molecule has 0 spiro atoms. The Balaban J connectivity index is 1.81. The van der Waals surface area contributed by atoms with Crippen molar-refractivity contribution in [3.63, 3.8) is 0 Å². The van der Waals surface area contributed by atoms with Gasteiger partial charge in [0, 0.05) is 36.4 Å². The zero-order valence-electron chi connectivity index (χ0n) is 16.3. The molecule has 7 heteroatoms. The van der Waals surface area contributed by atoms with Gasteiger partial charge in [-0.05, 0) is 11.6 Å². The average molecular weight is 410 g/mol. The smallest absolute Gasteiger partial charge is 0.240 e. The topological polar surface area (TPSA) is 64.0 Å². The van der Waals surface area contributed by atoms with E-state index >= 15 is 0 Å². The lowest BCUT2D eigenvalue weighted by atomic mass is 9.98. The van der Waals surface area contributed by atoms with E-state index < -0.39 is 0 Å². The van der Waals surface area contributed by atoms with Crippen LogP contribution in [0.4, 0.5) is 0 Å². The molecule has 1 aliphatic rings. The number of fused-ring (bicyclic) bond motifs is 1. The molecule has 148 valence electrons. The number of rotatable bonds is 4. The number of carbonyl (C=O) groups is 1. The van der Waals surface area contributed by atoms with Gasteiger partial charge in [-0.25, -0.2) is 9.99 Å². The maximum absolute atomic E-state index is 12.3. The average Bonchev–Trinajstić information content (AvgIpc) is 3.18. The molecule has 3 aromatic rings. The van der Waals surface area contributed by atoms with Gasteiger partial charge in [0.1, 0.15) is 16.7 Å². The van der Waals surface area contributed by atoms with E-state index in [0.29, 0.717) is 28.6 Å². The lowest BCUT2D eigenvalue weighted by molar-refractivity contribution is -0.130. The number of ether oxygens (including phenoxy) is 2. The monoisotopic (exact) mass is 409 g/mol. The number of halogens is 1. The third-order valence-electron chi connectivity index (χ3n) is 5.01. The number of amides is 1. The second-order valence-corrected chi connectivity index (χ2v) is 7.12. The third kappa shape index (κ3) is 3.51. The Hall–Kier alpha value is -3.12. The van der Waals surface area contributed by atoms with Crippen LogP contribution < -0.4 is 9.47 Å². The summed E-state index contributed by atoms with van der Waals surface area (Å²) >= 11 is 6.56. The van der Waals surface area contributed by atoms with E-state index in [1.165, 1.54) is 11.9 Å². The zero-order valence-corrected chi connectivity index (χ0v) is 17.1. The van der Waals surface area contributed by atoms with E-state index in [9.17, 15) is 4.79 Å². The molecule has 1 aromatic heterocycles. The van der Waals surface area contributed by atoms with Crippen molar-refractivity contribution in [2.45, 2.75) is 19.4 Å². The SMILES string of the molecule is COc1cc(OC)c2cc([C@@H]3CC(c4ccccc4)=NN3C(C)=O)c(Cl)nc2c1. The van der Waals surface area contributed by atoms with Crippen molar-refractivity contribution in [1.29, 1.82) is 0 Å². The second kappa shape index (κ2) is 7.72. The molecule has 0 aliphatic carbocycles. The summed E-state index contributed by atoms with van der Waals surface area (Å²) in [5.74, 6) is 1.10. The first-order valence-corrected chi connectivity index (χ1v) is 9.54. The van der Waals surface area contributed by atoms with Crippen molar-refractivity contribution in [2.75, 3.05) is 14.2 Å². The van der Waals surface area contributed by atoms with Gasteiger partial charge < -0.3 is 9.47 Å². The molecule has 1 atom stereocenters. The van der Waals surface area contributed by atoms with Crippen LogP contribution in [0.1, 0.15) is 30.5 Å².